The molecule has 0 aliphatic heterocycles. The molecule has 0 bridgehead atoms. The van der Waals surface area contributed by atoms with Crippen LogP contribution in [-0.2, 0) is 17.9 Å². The summed E-state index contributed by atoms with van der Waals surface area (Å²) in [4.78, 5) is 11.8. The fourth-order valence-corrected chi connectivity index (χ4v) is 2.39. The number of nitrogens with one attached hydrogen (secondary N) is 1. The van der Waals surface area contributed by atoms with Gasteiger partial charge in [-0.1, -0.05) is 0 Å². The maximum atomic E-state index is 11.8. The van der Waals surface area contributed by atoms with E-state index in [2.05, 4.69) is 31.4 Å². The van der Waals surface area contributed by atoms with Gasteiger partial charge in [0, 0.05) is 25.0 Å². The van der Waals surface area contributed by atoms with Crippen LogP contribution in [0.15, 0.2) is 16.7 Å². The Hall–Kier alpha value is -1.63. The van der Waals surface area contributed by atoms with Crippen molar-refractivity contribution < 1.29 is 4.79 Å². The van der Waals surface area contributed by atoms with Crippen LogP contribution in [-0.4, -0.2) is 32.0 Å². The Labute approximate surface area is 132 Å². The zero-order valence-corrected chi connectivity index (χ0v) is 14.1. The number of rotatable bonds is 6. The Morgan fingerprint density at radius 1 is 1.33 bits per heavy atom. The van der Waals surface area contributed by atoms with Gasteiger partial charge in [-0.2, -0.15) is 10.2 Å². The summed E-state index contributed by atoms with van der Waals surface area (Å²) in [6.07, 6.45) is 2.65. The maximum Gasteiger partial charge on any atom is 0.241 e. The average molecular weight is 354 g/mol. The molecule has 0 atom stereocenters. The molecule has 2 rings (SSSR count). The first kappa shape index (κ1) is 15.8. The summed E-state index contributed by atoms with van der Waals surface area (Å²) in [7, 11) is 0. The van der Waals surface area contributed by atoms with Gasteiger partial charge in [-0.3, -0.25) is 14.2 Å². The van der Waals surface area contributed by atoms with Crippen LogP contribution in [0.25, 0.3) is 0 Å². The van der Waals surface area contributed by atoms with Gasteiger partial charge in [-0.15, -0.1) is 0 Å². The lowest BCUT2D eigenvalue weighted by Gasteiger charge is -2.07. The SMILES string of the molecule is Cc1ccn(CC(=O)NCCCn2nc(C)c(Br)c2C)n1. The number of carbonyl (C=O) groups is 1. The highest BCUT2D eigenvalue weighted by molar-refractivity contribution is 9.10. The number of nitrogens with zero attached hydrogens (tertiary/aromatic N) is 4. The Morgan fingerprint density at radius 3 is 2.67 bits per heavy atom. The number of carbonyl (C=O) groups excluding carboxylic acids is 1. The second-order valence-electron chi connectivity index (χ2n) is 5.07. The van der Waals surface area contributed by atoms with Gasteiger partial charge in [0.15, 0.2) is 0 Å². The van der Waals surface area contributed by atoms with Crippen molar-refractivity contribution in [1.82, 2.24) is 24.9 Å². The number of amides is 1. The van der Waals surface area contributed by atoms with E-state index in [1.165, 1.54) is 0 Å². The molecule has 2 aromatic heterocycles. The molecule has 21 heavy (non-hydrogen) atoms. The van der Waals surface area contributed by atoms with E-state index in [0.717, 1.165) is 34.5 Å². The Kier molecular flexibility index (Phi) is 5.17. The van der Waals surface area contributed by atoms with Crippen LogP contribution in [0.4, 0.5) is 0 Å². The van der Waals surface area contributed by atoms with Crippen LogP contribution in [0.1, 0.15) is 23.5 Å². The first-order valence-corrected chi connectivity index (χ1v) is 7.73. The van der Waals surface area contributed by atoms with Crippen molar-refractivity contribution in [2.45, 2.75) is 40.3 Å². The molecule has 0 aliphatic rings. The molecule has 6 nitrogen and oxygen atoms in total. The number of halogens is 1. The quantitative estimate of drug-likeness (QED) is 0.807. The third-order valence-corrected chi connectivity index (χ3v) is 4.39. The molecule has 1 N–H and O–H groups in total. The summed E-state index contributed by atoms with van der Waals surface area (Å²) >= 11 is 3.51. The van der Waals surface area contributed by atoms with Crippen LogP contribution in [0.3, 0.4) is 0 Å². The third kappa shape index (κ3) is 4.17. The van der Waals surface area contributed by atoms with Crippen molar-refractivity contribution in [3.63, 3.8) is 0 Å². The highest BCUT2D eigenvalue weighted by Gasteiger charge is 2.08. The van der Waals surface area contributed by atoms with Gasteiger partial charge >= 0.3 is 0 Å². The van der Waals surface area contributed by atoms with Gasteiger partial charge in [0.1, 0.15) is 6.54 Å². The lowest BCUT2D eigenvalue weighted by atomic mass is 10.4. The highest BCUT2D eigenvalue weighted by atomic mass is 79.9. The number of aryl methyl sites for hydroxylation is 3. The Bertz CT molecular complexity index is 631. The lowest BCUT2D eigenvalue weighted by Crippen LogP contribution is -2.29. The molecular formula is C14H20BrN5O. The predicted octanol–water partition coefficient (Wildman–Crippen LogP) is 1.97. The lowest BCUT2D eigenvalue weighted by molar-refractivity contribution is -0.121. The molecule has 0 aromatic carbocycles. The number of hydrogen-bond acceptors (Lipinski definition) is 3. The number of aromatic nitrogens is 4. The second kappa shape index (κ2) is 6.89. The Morgan fingerprint density at radius 2 is 2.10 bits per heavy atom. The minimum absolute atomic E-state index is 0.0207. The van der Waals surface area contributed by atoms with Gasteiger partial charge in [-0.05, 0) is 49.2 Å². The molecule has 1 amide bonds. The first-order valence-electron chi connectivity index (χ1n) is 6.93. The average Bonchev–Trinajstić information content (AvgIpc) is 2.94. The van der Waals surface area contributed by atoms with E-state index >= 15 is 0 Å². The van der Waals surface area contributed by atoms with Crippen LogP contribution < -0.4 is 5.32 Å². The third-order valence-electron chi connectivity index (χ3n) is 3.24. The van der Waals surface area contributed by atoms with Crippen molar-refractivity contribution in [2.24, 2.45) is 0 Å². The Balaban J connectivity index is 1.72. The van der Waals surface area contributed by atoms with Crippen molar-refractivity contribution in [3.8, 4) is 0 Å². The van der Waals surface area contributed by atoms with E-state index in [-0.39, 0.29) is 12.5 Å². The molecule has 0 spiro atoms. The summed E-state index contributed by atoms with van der Waals surface area (Å²) in [6.45, 7) is 7.60. The second-order valence-corrected chi connectivity index (χ2v) is 5.86. The molecule has 2 aromatic rings. The van der Waals surface area contributed by atoms with Crippen molar-refractivity contribution >= 4 is 21.8 Å². The van der Waals surface area contributed by atoms with E-state index in [0.29, 0.717) is 6.54 Å². The zero-order valence-electron chi connectivity index (χ0n) is 12.6. The monoisotopic (exact) mass is 353 g/mol. The molecule has 7 heteroatoms. The summed E-state index contributed by atoms with van der Waals surface area (Å²) < 4.78 is 4.66. The normalized spacial score (nSPS) is 10.9. The molecule has 2 heterocycles. The molecule has 0 aliphatic carbocycles. The van der Waals surface area contributed by atoms with E-state index in [1.54, 1.807) is 4.68 Å². The van der Waals surface area contributed by atoms with E-state index < -0.39 is 0 Å². The van der Waals surface area contributed by atoms with Crippen molar-refractivity contribution in [1.29, 1.82) is 0 Å². The van der Waals surface area contributed by atoms with E-state index in [4.69, 9.17) is 0 Å². The van der Waals surface area contributed by atoms with Crippen molar-refractivity contribution in [3.05, 3.63) is 33.8 Å². The van der Waals surface area contributed by atoms with Gasteiger partial charge < -0.3 is 5.32 Å². The first-order chi connectivity index (χ1) is 9.97. The molecule has 0 saturated heterocycles. The smallest absolute Gasteiger partial charge is 0.241 e. The molecule has 0 fully saturated rings. The zero-order chi connectivity index (χ0) is 15.4. The minimum Gasteiger partial charge on any atom is -0.354 e. The van der Waals surface area contributed by atoms with Crippen LogP contribution in [0, 0.1) is 20.8 Å². The molecule has 0 radical (unpaired) electrons. The number of hydrogen-bond donors (Lipinski definition) is 1. The largest absolute Gasteiger partial charge is 0.354 e. The highest BCUT2D eigenvalue weighted by Crippen LogP contribution is 2.19. The molecule has 0 unspecified atom stereocenters. The van der Waals surface area contributed by atoms with Crippen LogP contribution >= 0.6 is 15.9 Å². The van der Waals surface area contributed by atoms with Crippen molar-refractivity contribution in [2.75, 3.05) is 6.54 Å². The molecule has 0 saturated carbocycles. The van der Waals surface area contributed by atoms with Gasteiger partial charge in [0.25, 0.3) is 0 Å². The summed E-state index contributed by atoms with van der Waals surface area (Å²) in [5.41, 5.74) is 3.02. The van der Waals surface area contributed by atoms with E-state index in [1.807, 2.05) is 37.7 Å². The predicted molar refractivity (Wildman–Crippen MR) is 84.0 cm³/mol. The van der Waals surface area contributed by atoms with Crippen LogP contribution in [0.5, 0.6) is 0 Å². The van der Waals surface area contributed by atoms with Crippen LogP contribution in [0.2, 0.25) is 0 Å². The van der Waals surface area contributed by atoms with Gasteiger partial charge in [0.05, 0.1) is 15.9 Å². The summed E-state index contributed by atoms with van der Waals surface area (Å²) in [6, 6.07) is 1.88. The fraction of sp³-hybridized carbons (Fsp3) is 0.500. The molecule has 114 valence electrons. The standard InChI is InChI=1S/C14H20BrN5O/c1-10-5-8-19(17-10)9-13(21)16-6-4-7-20-12(3)14(15)11(2)18-20/h5,8H,4,6-7,9H2,1-3H3,(H,16,21). The van der Waals surface area contributed by atoms with Gasteiger partial charge in [0.2, 0.25) is 5.91 Å². The fourth-order valence-electron chi connectivity index (χ4n) is 2.10. The minimum atomic E-state index is -0.0207. The summed E-state index contributed by atoms with van der Waals surface area (Å²) in [5, 5.41) is 11.5. The molecular weight excluding hydrogens is 334 g/mol. The van der Waals surface area contributed by atoms with E-state index in [9.17, 15) is 4.79 Å². The summed E-state index contributed by atoms with van der Waals surface area (Å²) in [5.74, 6) is -0.0207. The topological polar surface area (TPSA) is 64.7 Å². The van der Waals surface area contributed by atoms with Gasteiger partial charge in [-0.25, -0.2) is 0 Å². The maximum absolute atomic E-state index is 11.8.